The monoisotopic (exact) mass is 330 g/mol. The van der Waals surface area contributed by atoms with Gasteiger partial charge in [0, 0.05) is 17.4 Å². The number of amides is 1. The molecule has 0 aliphatic carbocycles. The molecule has 2 aromatic carbocycles. The largest absolute Gasteiger partial charge is 0.493 e. The van der Waals surface area contributed by atoms with Gasteiger partial charge in [-0.05, 0) is 42.7 Å². The normalized spacial score (nSPS) is 11.8. The Morgan fingerprint density at radius 2 is 2.08 bits per heavy atom. The average molecular weight is 330 g/mol. The summed E-state index contributed by atoms with van der Waals surface area (Å²) in [5.74, 6) is -0.322. The van der Waals surface area contributed by atoms with Crippen molar-refractivity contribution in [3.8, 4) is 5.75 Å². The van der Waals surface area contributed by atoms with Crippen LogP contribution in [0.2, 0.25) is 0 Å². The Labute approximate surface area is 141 Å². The molecule has 0 bridgehead atoms. The van der Waals surface area contributed by atoms with E-state index in [0.717, 1.165) is 12.0 Å². The van der Waals surface area contributed by atoms with Crippen LogP contribution in [-0.4, -0.2) is 12.5 Å². The Hall–Kier alpha value is -2.56. The van der Waals surface area contributed by atoms with Crippen molar-refractivity contribution in [2.45, 2.75) is 27.2 Å². The van der Waals surface area contributed by atoms with Gasteiger partial charge in [-0.15, -0.1) is 0 Å². The molecule has 0 heterocycles. The zero-order valence-electron chi connectivity index (χ0n) is 14.2. The van der Waals surface area contributed by atoms with E-state index in [0.29, 0.717) is 29.6 Å². The summed E-state index contributed by atoms with van der Waals surface area (Å²) in [4.78, 5) is 12.3. The van der Waals surface area contributed by atoms with E-state index in [1.165, 1.54) is 12.1 Å². The standard InChI is InChI=1S/C19H23FN2O2/c1-4-12(2)11-24-14-8-9-15(16(20)10-14)19(23)22-18-7-5-6-17(21)13(18)3/h5-10,12H,4,11,21H2,1-3H3,(H,22,23). The second-order valence-corrected chi connectivity index (χ2v) is 5.94. The van der Waals surface area contributed by atoms with Crippen molar-refractivity contribution in [1.29, 1.82) is 0 Å². The molecule has 5 heteroatoms. The Kier molecular flexibility index (Phi) is 5.79. The summed E-state index contributed by atoms with van der Waals surface area (Å²) in [6, 6.07) is 9.48. The van der Waals surface area contributed by atoms with Gasteiger partial charge in [-0.2, -0.15) is 0 Å². The number of nitrogen functional groups attached to an aromatic ring is 1. The Morgan fingerprint density at radius 3 is 2.75 bits per heavy atom. The van der Waals surface area contributed by atoms with Gasteiger partial charge in [0.1, 0.15) is 11.6 Å². The maximum atomic E-state index is 14.2. The third kappa shape index (κ3) is 4.25. The van der Waals surface area contributed by atoms with E-state index in [-0.39, 0.29) is 5.56 Å². The minimum absolute atomic E-state index is 0.0345. The number of hydrogen-bond donors (Lipinski definition) is 2. The number of carbonyl (C=O) groups is 1. The summed E-state index contributed by atoms with van der Waals surface area (Å²) in [5, 5.41) is 2.69. The molecule has 0 saturated heterocycles. The zero-order valence-corrected chi connectivity index (χ0v) is 14.2. The Bertz CT molecular complexity index is 731. The summed E-state index contributed by atoms with van der Waals surface area (Å²) in [6.45, 7) is 6.45. The molecule has 2 aromatic rings. The van der Waals surface area contributed by atoms with Crippen LogP contribution in [0.25, 0.3) is 0 Å². The summed E-state index contributed by atoms with van der Waals surface area (Å²) in [6.07, 6.45) is 0.989. The fourth-order valence-electron chi connectivity index (χ4n) is 2.10. The number of benzene rings is 2. The van der Waals surface area contributed by atoms with Gasteiger partial charge < -0.3 is 15.8 Å². The van der Waals surface area contributed by atoms with Crippen molar-refractivity contribution < 1.29 is 13.9 Å². The van der Waals surface area contributed by atoms with Gasteiger partial charge >= 0.3 is 0 Å². The zero-order chi connectivity index (χ0) is 17.7. The molecule has 3 N–H and O–H groups in total. The summed E-state index contributed by atoms with van der Waals surface area (Å²) in [7, 11) is 0. The maximum absolute atomic E-state index is 14.2. The van der Waals surface area contributed by atoms with Crippen LogP contribution in [0.4, 0.5) is 15.8 Å². The van der Waals surface area contributed by atoms with Crippen molar-refractivity contribution in [3.05, 3.63) is 53.3 Å². The molecule has 0 aliphatic rings. The molecule has 1 atom stereocenters. The van der Waals surface area contributed by atoms with Crippen LogP contribution < -0.4 is 15.8 Å². The number of rotatable bonds is 6. The summed E-state index contributed by atoms with van der Waals surface area (Å²) >= 11 is 0. The van der Waals surface area contributed by atoms with Crippen molar-refractivity contribution in [1.82, 2.24) is 0 Å². The first kappa shape index (κ1) is 17.8. The number of carbonyl (C=O) groups excluding carboxylic acids is 1. The molecule has 0 radical (unpaired) electrons. The van der Waals surface area contributed by atoms with Crippen molar-refractivity contribution in [3.63, 3.8) is 0 Å². The molecule has 2 rings (SSSR count). The fourth-order valence-corrected chi connectivity index (χ4v) is 2.10. The molecule has 0 fully saturated rings. The highest BCUT2D eigenvalue weighted by atomic mass is 19.1. The Morgan fingerprint density at radius 1 is 1.33 bits per heavy atom. The number of nitrogens with two attached hydrogens (primary N) is 1. The van der Waals surface area contributed by atoms with Crippen molar-refractivity contribution in [2.24, 2.45) is 5.92 Å². The predicted octanol–water partition coefficient (Wildman–Crippen LogP) is 4.39. The molecule has 0 saturated carbocycles. The lowest BCUT2D eigenvalue weighted by Gasteiger charge is -2.13. The number of ether oxygens (including phenoxy) is 1. The van der Waals surface area contributed by atoms with Crippen LogP contribution in [-0.2, 0) is 0 Å². The van der Waals surface area contributed by atoms with Gasteiger partial charge in [-0.3, -0.25) is 4.79 Å². The smallest absolute Gasteiger partial charge is 0.258 e. The van der Waals surface area contributed by atoms with Crippen LogP contribution in [0.5, 0.6) is 5.75 Å². The van der Waals surface area contributed by atoms with Gasteiger partial charge in [0.25, 0.3) is 5.91 Å². The lowest BCUT2D eigenvalue weighted by Crippen LogP contribution is -2.15. The first-order valence-electron chi connectivity index (χ1n) is 8.01. The van der Waals surface area contributed by atoms with Crippen LogP contribution in [0, 0.1) is 18.7 Å². The Balaban J connectivity index is 2.11. The predicted molar refractivity (Wildman–Crippen MR) is 94.9 cm³/mol. The van der Waals surface area contributed by atoms with Gasteiger partial charge in [0.05, 0.1) is 12.2 Å². The summed E-state index contributed by atoms with van der Waals surface area (Å²) in [5.41, 5.74) is 7.66. The van der Waals surface area contributed by atoms with E-state index in [4.69, 9.17) is 10.5 Å². The molecular weight excluding hydrogens is 307 g/mol. The fraction of sp³-hybridized carbons (Fsp3) is 0.316. The lowest BCUT2D eigenvalue weighted by atomic mass is 10.1. The van der Waals surface area contributed by atoms with E-state index in [1.807, 2.05) is 0 Å². The first-order valence-corrected chi connectivity index (χ1v) is 8.01. The molecule has 0 aromatic heterocycles. The number of nitrogens with one attached hydrogen (secondary N) is 1. The van der Waals surface area contributed by atoms with E-state index in [1.54, 1.807) is 31.2 Å². The quantitative estimate of drug-likeness (QED) is 0.772. The van der Waals surface area contributed by atoms with Crippen molar-refractivity contribution in [2.75, 3.05) is 17.7 Å². The third-order valence-corrected chi connectivity index (χ3v) is 4.04. The molecule has 0 spiro atoms. The molecule has 128 valence electrons. The number of halogens is 1. The molecule has 1 unspecified atom stereocenters. The van der Waals surface area contributed by atoms with E-state index in [2.05, 4.69) is 19.2 Å². The lowest BCUT2D eigenvalue weighted by molar-refractivity contribution is 0.102. The minimum Gasteiger partial charge on any atom is -0.493 e. The van der Waals surface area contributed by atoms with Gasteiger partial charge in [-0.1, -0.05) is 26.3 Å². The highest BCUT2D eigenvalue weighted by Crippen LogP contribution is 2.23. The molecular formula is C19H23FN2O2. The highest BCUT2D eigenvalue weighted by Gasteiger charge is 2.14. The molecule has 24 heavy (non-hydrogen) atoms. The number of hydrogen-bond acceptors (Lipinski definition) is 3. The van der Waals surface area contributed by atoms with Gasteiger partial charge in [0.2, 0.25) is 0 Å². The van der Waals surface area contributed by atoms with Crippen molar-refractivity contribution >= 4 is 17.3 Å². The topological polar surface area (TPSA) is 64.3 Å². The minimum atomic E-state index is -0.615. The number of anilines is 2. The average Bonchev–Trinajstić information content (AvgIpc) is 2.56. The second kappa shape index (κ2) is 7.81. The van der Waals surface area contributed by atoms with E-state index >= 15 is 0 Å². The van der Waals surface area contributed by atoms with Gasteiger partial charge in [-0.25, -0.2) is 4.39 Å². The first-order chi connectivity index (χ1) is 11.4. The molecule has 4 nitrogen and oxygen atoms in total. The van der Waals surface area contributed by atoms with E-state index < -0.39 is 11.7 Å². The van der Waals surface area contributed by atoms with Crippen LogP contribution in [0.1, 0.15) is 36.2 Å². The third-order valence-electron chi connectivity index (χ3n) is 4.04. The van der Waals surface area contributed by atoms with E-state index in [9.17, 15) is 9.18 Å². The second-order valence-electron chi connectivity index (χ2n) is 5.94. The summed E-state index contributed by atoms with van der Waals surface area (Å²) < 4.78 is 19.8. The van der Waals surface area contributed by atoms with Crippen LogP contribution in [0.3, 0.4) is 0 Å². The van der Waals surface area contributed by atoms with Gasteiger partial charge in [0.15, 0.2) is 0 Å². The van der Waals surface area contributed by atoms with Crippen LogP contribution >= 0.6 is 0 Å². The molecule has 1 amide bonds. The molecule has 0 aliphatic heterocycles. The SMILES string of the molecule is CCC(C)COc1ccc(C(=O)Nc2cccc(N)c2C)c(F)c1. The highest BCUT2D eigenvalue weighted by molar-refractivity contribution is 6.05. The maximum Gasteiger partial charge on any atom is 0.258 e. The van der Waals surface area contributed by atoms with Crippen LogP contribution in [0.15, 0.2) is 36.4 Å².